The van der Waals surface area contributed by atoms with Crippen molar-refractivity contribution in [2.45, 2.75) is 6.61 Å². The fourth-order valence-corrected chi connectivity index (χ4v) is 3.19. The lowest BCUT2D eigenvalue weighted by Gasteiger charge is -2.06. The fraction of sp³-hybridized carbons (Fsp3) is 0.118. The summed E-state index contributed by atoms with van der Waals surface area (Å²) in [6.45, 7) is 0.516. The maximum Gasteiger partial charge on any atom is 0.268 e. The molecule has 0 bridgehead atoms. The van der Waals surface area contributed by atoms with E-state index in [-0.39, 0.29) is 5.69 Å². The van der Waals surface area contributed by atoms with Gasteiger partial charge in [0.25, 0.3) is 5.91 Å². The summed E-state index contributed by atoms with van der Waals surface area (Å²) >= 11 is 1.46. The van der Waals surface area contributed by atoms with Crippen LogP contribution in [-0.2, 0) is 11.3 Å². The number of thiazole rings is 1. The van der Waals surface area contributed by atoms with Crippen molar-refractivity contribution >= 4 is 17.2 Å². The molecule has 0 saturated carbocycles. The third kappa shape index (κ3) is 3.13. The summed E-state index contributed by atoms with van der Waals surface area (Å²) in [5.41, 5.74) is 9.20. The summed E-state index contributed by atoms with van der Waals surface area (Å²) in [6, 6.07) is 11.5. The fourth-order valence-electron chi connectivity index (χ4n) is 2.35. The molecule has 0 atom stereocenters. The smallest absolute Gasteiger partial charge is 0.268 e. The van der Waals surface area contributed by atoms with Gasteiger partial charge in [-0.25, -0.2) is 4.98 Å². The van der Waals surface area contributed by atoms with Gasteiger partial charge in [0.05, 0.1) is 12.3 Å². The zero-order valence-electron chi connectivity index (χ0n) is 12.5. The Morgan fingerprint density at radius 1 is 1.22 bits per heavy atom. The minimum absolute atomic E-state index is 0.235. The number of rotatable bonds is 5. The number of nitrogens with zero attached hydrogens (tertiary/aromatic N) is 2. The van der Waals surface area contributed by atoms with E-state index >= 15 is 0 Å². The highest BCUT2D eigenvalue weighted by Crippen LogP contribution is 2.31. The summed E-state index contributed by atoms with van der Waals surface area (Å²) in [7, 11) is 1.66. The van der Waals surface area contributed by atoms with E-state index in [0.29, 0.717) is 17.2 Å². The van der Waals surface area contributed by atoms with E-state index in [2.05, 4.69) is 9.97 Å². The maximum absolute atomic E-state index is 11.5. The van der Waals surface area contributed by atoms with Crippen LogP contribution in [0.5, 0.6) is 0 Å². The molecular formula is C17H15N3O2S. The van der Waals surface area contributed by atoms with Crippen molar-refractivity contribution < 1.29 is 9.53 Å². The molecule has 0 aliphatic heterocycles. The second-order valence-corrected chi connectivity index (χ2v) is 5.75. The molecular weight excluding hydrogens is 310 g/mol. The highest BCUT2D eigenvalue weighted by molar-refractivity contribution is 7.13. The first-order valence-electron chi connectivity index (χ1n) is 6.98. The van der Waals surface area contributed by atoms with E-state index in [1.807, 2.05) is 29.6 Å². The van der Waals surface area contributed by atoms with Gasteiger partial charge in [0.15, 0.2) is 0 Å². The SMILES string of the molecule is COCc1ccccc1-c1csc(-c2cccnc2C(N)=O)n1. The highest BCUT2D eigenvalue weighted by Gasteiger charge is 2.15. The monoisotopic (exact) mass is 325 g/mol. The van der Waals surface area contributed by atoms with Crippen LogP contribution < -0.4 is 5.73 Å². The van der Waals surface area contributed by atoms with Crippen LogP contribution in [-0.4, -0.2) is 23.0 Å². The summed E-state index contributed by atoms with van der Waals surface area (Å²) in [4.78, 5) is 20.2. The lowest BCUT2D eigenvalue weighted by molar-refractivity contribution is 0.0996. The van der Waals surface area contributed by atoms with E-state index in [9.17, 15) is 4.79 Å². The van der Waals surface area contributed by atoms with Crippen LogP contribution in [0.2, 0.25) is 0 Å². The first-order valence-corrected chi connectivity index (χ1v) is 7.86. The number of carbonyl (C=O) groups is 1. The molecule has 0 spiro atoms. The van der Waals surface area contributed by atoms with Gasteiger partial charge in [-0.05, 0) is 17.7 Å². The molecule has 2 N–H and O–H groups in total. The summed E-state index contributed by atoms with van der Waals surface area (Å²) in [5.74, 6) is -0.558. The predicted molar refractivity (Wildman–Crippen MR) is 90.0 cm³/mol. The van der Waals surface area contributed by atoms with E-state index in [1.54, 1.807) is 25.4 Å². The molecule has 0 radical (unpaired) electrons. The number of methoxy groups -OCH3 is 1. The Balaban J connectivity index is 2.04. The van der Waals surface area contributed by atoms with Gasteiger partial charge in [-0.2, -0.15) is 0 Å². The number of ether oxygens (including phenoxy) is 1. The quantitative estimate of drug-likeness (QED) is 0.782. The van der Waals surface area contributed by atoms with Crippen molar-refractivity contribution in [1.29, 1.82) is 0 Å². The Bertz CT molecular complexity index is 845. The van der Waals surface area contributed by atoms with Crippen LogP contribution >= 0.6 is 11.3 Å². The molecule has 23 heavy (non-hydrogen) atoms. The van der Waals surface area contributed by atoms with E-state index in [1.165, 1.54) is 11.3 Å². The summed E-state index contributed by atoms with van der Waals surface area (Å²) in [6.07, 6.45) is 1.55. The van der Waals surface area contributed by atoms with Crippen LogP contribution in [0.25, 0.3) is 21.8 Å². The van der Waals surface area contributed by atoms with Gasteiger partial charge in [-0.15, -0.1) is 11.3 Å². The van der Waals surface area contributed by atoms with Gasteiger partial charge in [0.2, 0.25) is 0 Å². The number of amides is 1. The molecule has 116 valence electrons. The number of hydrogen-bond acceptors (Lipinski definition) is 5. The number of benzene rings is 1. The average Bonchev–Trinajstić information content (AvgIpc) is 3.05. The molecule has 2 aromatic heterocycles. The van der Waals surface area contributed by atoms with Crippen LogP contribution in [0.4, 0.5) is 0 Å². The van der Waals surface area contributed by atoms with Crippen molar-refractivity contribution in [1.82, 2.24) is 9.97 Å². The number of hydrogen-bond donors (Lipinski definition) is 1. The molecule has 0 aliphatic rings. The van der Waals surface area contributed by atoms with Crippen LogP contribution in [0.3, 0.4) is 0 Å². The van der Waals surface area contributed by atoms with Gasteiger partial charge in [-0.3, -0.25) is 9.78 Å². The first kappa shape index (κ1) is 15.3. The highest BCUT2D eigenvalue weighted by atomic mass is 32.1. The molecule has 1 amide bonds. The summed E-state index contributed by atoms with van der Waals surface area (Å²) < 4.78 is 5.24. The molecule has 0 fully saturated rings. The number of primary amides is 1. The Morgan fingerprint density at radius 3 is 2.78 bits per heavy atom. The maximum atomic E-state index is 11.5. The van der Waals surface area contributed by atoms with Crippen LogP contribution in [0.15, 0.2) is 48.0 Å². The topological polar surface area (TPSA) is 78.1 Å². The van der Waals surface area contributed by atoms with Gasteiger partial charge in [0.1, 0.15) is 10.7 Å². The van der Waals surface area contributed by atoms with Gasteiger partial charge >= 0.3 is 0 Å². The molecule has 5 nitrogen and oxygen atoms in total. The third-order valence-corrected chi connectivity index (χ3v) is 4.24. The first-order chi connectivity index (χ1) is 11.2. The van der Waals surface area contributed by atoms with Gasteiger partial charge in [0, 0.05) is 29.8 Å². The zero-order valence-corrected chi connectivity index (χ0v) is 13.3. The number of carbonyl (C=O) groups excluding carboxylic acids is 1. The van der Waals surface area contributed by atoms with E-state index < -0.39 is 5.91 Å². The second kappa shape index (κ2) is 6.68. The largest absolute Gasteiger partial charge is 0.380 e. The second-order valence-electron chi connectivity index (χ2n) is 4.89. The molecule has 0 aliphatic carbocycles. The molecule has 0 unspecified atom stereocenters. The van der Waals surface area contributed by atoms with Crippen molar-refractivity contribution in [3.63, 3.8) is 0 Å². The van der Waals surface area contributed by atoms with Crippen molar-refractivity contribution in [2.75, 3.05) is 7.11 Å². The molecule has 0 saturated heterocycles. The lowest BCUT2D eigenvalue weighted by atomic mass is 10.1. The molecule has 2 heterocycles. The summed E-state index contributed by atoms with van der Waals surface area (Å²) in [5, 5.41) is 2.68. The standard InChI is InChI=1S/C17H15N3O2S/c1-22-9-11-5-2-3-6-12(11)14-10-23-17(20-14)13-7-4-8-19-15(13)16(18)21/h2-8,10H,9H2,1H3,(H2,18,21). The van der Waals surface area contributed by atoms with Crippen LogP contribution in [0, 0.1) is 0 Å². The zero-order chi connectivity index (χ0) is 16.2. The third-order valence-electron chi connectivity index (χ3n) is 3.37. The lowest BCUT2D eigenvalue weighted by Crippen LogP contribution is -2.14. The molecule has 3 rings (SSSR count). The van der Waals surface area contributed by atoms with Crippen molar-refractivity contribution in [3.05, 3.63) is 59.2 Å². The molecule has 3 aromatic rings. The van der Waals surface area contributed by atoms with Gasteiger partial charge in [-0.1, -0.05) is 24.3 Å². The minimum Gasteiger partial charge on any atom is -0.380 e. The predicted octanol–water partition coefficient (Wildman–Crippen LogP) is 3.12. The van der Waals surface area contributed by atoms with Crippen molar-refractivity contribution in [2.24, 2.45) is 5.73 Å². The molecule has 6 heteroatoms. The van der Waals surface area contributed by atoms with E-state index in [4.69, 9.17) is 10.5 Å². The average molecular weight is 325 g/mol. The Morgan fingerprint density at radius 2 is 2.00 bits per heavy atom. The number of aromatic nitrogens is 2. The Kier molecular flexibility index (Phi) is 4.45. The Labute approximate surface area is 137 Å². The normalized spacial score (nSPS) is 10.7. The van der Waals surface area contributed by atoms with Crippen LogP contribution in [0.1, 0.15) is 16.1 Å². The number of nitrogens with two attached hydrogens (primary N) is 1. The van der Waals surface area contributed by atoms with Gasteiger partial charge < -0.3 is 10.5 Å². The van der Waals surface area contributed by atoms with Crippen molar-refractivity contribution in [3.8, 4) is 21.8 Å². The molecule has 1 aromatic carbocycles. The van der Waals surface area contributed by atoms with E-state index in [0.717, 1.165) is 16.8 Å². The minimum atomic E-state index is -0.558. The number of pyridine rings is 1. The Hall–Kier alpha value is -2.57.